The predicted molar refractivity (Wildman–Crippen MR) is 140 cm³/mol. The molecule has 12 heteroatoms. The number of hydrogen-bond donors (Lipinski definition) is 3. The van der Waals surface area contributed by atoms with Crippen LogP contribution in [0, 0.1) is 0 Å². The number of nitrogens with zero attached hydrogens (tertiary/aromatic N) is 6. The highest BCUT2D eigenvalue weighted by Crippen LogP contribution is 2.31. The average Bonchev–Trinajstić information content (AvgIpc) is 3.54. The number of ether oxygens (including phenoxy) is 2. The lowest BCUT2D eigenvalue weighted by atomic mass is 9.90. The minimum atomic E-state index is 0.0226. The third-order valence-corrected chi connectivity index (χ3v) is 7.89. The number of hydrogen-bond acceptors (Lipinski definition) is 11. The van der Waals surface area contributed by atoms with Crippen LogP contribution in [-0.4, -0.2) is 92.9 Å². The Bertz CT molecular complexity index is 1110. The fraction of sp³-hybridized carbons (Fsp3) is 0.667. The molecule has 11 nitrogen and oxygen atoms in total. The molecule has 4 heterocycles. The van der Waals surface area contributed by atoms with E-state index < -0.39 is 0 Å². The van der Waals surface area contributed by atoms with Crippen LogP contribution >= 0.6 is 11.3 Å². The molecule has 0 radical (unpaired) electrons. The highest BCUT2D eigenvalue weighted by atomic mass is 32.1. The largest absolute Gasteiger partial charge is 0.394 e. The van der Waals surface area contributed by atoms with Crippen molar-refractivity contribution < 1.29 is 14.6 Å². The molecule has 196 valence electrons. The minimum Gasteiger partial charge on any atom is -0.394 e. The number of nitrogens with one attached hydrogen (secondary N) is 2. The van der Waals surface area contributed by atoms with Crippen LogP contribution in [0.2, 0.25) is 0 Å². The number of aryl methyl sites for hydroxylation is 1. The second-order valence-electron chi connectivity index (χ2n) is 9.26. The maximum Gasteiger partial charge on any atom is 0.230 e. The minimum absolute atomic E-state index is 0.0226. The first-order chi connectivity index (χ1) is 17.7. The molecule has 0 aromatic carbocycles. The van der Waals surface area contributed by atoms with Gasteiger partial charge in [-0.1, -0.05) is 18.3 Å². The van der Waals surface area contributed by atoms with Gasteiger partial charge in [-0.25, -0.2) is 4.98 Å². The molecule has 1 aliphatic carbocycles. The van der Waals surface area contributed by atoms with Crippen LogP contribution < -0.4 is 10.6 Å². The molecule has 3 N–H and O–H groups in total. The van der Waals surface area contributed by atoms with E-state index in [1.165, 1.54) is 12.8 Å². The summed E-state index contributed by atoms with van der Waals surface area (Å²) in [6, 6.07) is 1.04. The van der Waals surface area contributed by atoms with E-state index in [0.717, 1.165) is 72.4 Å². The monoisotopic (exact) mass is 516 g/mol. The third kappa shape index (κ3) is 6.30. The van der Waals surface area contributed by atoms with Crippen molar-refractivity contribution in [2.24, 2.45) is 0 Å². The Morgan fingerprint density at radius 2 is 1.97 bits per heavy atom. The summed E-state index contributed by atoms with van der Waals surface area (Å²) in [5.41, 5.74) is 1.67. The van der Waals surface area contributed by atoms with Gasteiger partial charge >= 0.3 is 0 Å². The molecule has 2 aliphatic rings. The first kappa shape index (κ1) is 25.3. The number of morpholine rings is 1. The summed E-state index contributed by atoms with van der Waals surface area (Å²) in [6.45, 7) is 7.38. The van der Waals surface area contributed by atoms with E-state index in [1.54, 1.807) is 22.2 Å². The van der Waals surface area contributed by atoms with Crippen molar-refractivity contribution >= 4 is 39.1 Å². The van der Waals surface area contributed by atoms with Gasteiger partial charge in [0.05, 0.1) is 56.5 Å². The Balaban J connectivity index is 1.26. The van der Waals surface area contributed by atoms with E-state index in [9.17, 15) is 0 Å². The number of thiazole rings is 1. The van der Waals surface area contributed by atoms with Crippen LogP contribution in [0.25, 0.3) is 10.3 Å². The molecule has 0 bridgehead atoms. The molecule has 2 fully saturated rings. The number of anilines is 3. The highest BCUT2D eigenvalue weighted by molar-refractivity contribution is 7.18. The van der Waals surface area contributed by atoms with Gasteiger partial charge in [-0.15, -0.1) is 0 Å². The van der Waals surface area contributed by atoms with Crippen molar-refractivity contribution in [2.75, 3.05) is 56.8 Å². The standard InChI is InChI=1S/C24H36N8O3S/c1-2-20-28-21-22(26-17-3-5-19(6-4-17)31-7-11-34-12-8-31)29-24(30-23(21)36-20)27-18-15-25-32(16-18)9-13-35-14-10-33/h15-17,19,33H,2-14H2,1H3,(H2,26,27,29,30). The quantitative estimate of drug-likeness (QED) is 0.328. The number of aliphatic hydroxyl groups is 1. The number of fused-ring (bicyclic) bond motifs is 1. The zero-order chi connectivity index (χ0) is 24.7. The van der Waals surface area contributed by atoms with Crippen LogP contribution in [0.4, 0.5) is 17.5 Å². The SMILES string of the molecule is CCc1nc2c(NC3CCC(N4CCOCC4)CC3)nc(Nc3cnn(CCOCCO)c3)nc2s1. The fourth-order valence-electron chi connectivity index (χ4n) is 4.90. The normalized spacial score (nSPS) is 21.2. The molecule has 5 rings (SSSR count). The van der Waals surface area contributed by atoms with E-state index in [-0.39, 0.29) is 6.61 Å². The van der Waals surface area contributed by atoms with Gasteiger partial charge in [0.15, 0.2) is 10.6 Å². The van der Waals surface area contributed by atoms with Crippen molar-refractivity contribution in [3.63, 3.8) is 0 Å². The summed E-state index contributed by atoms with van der Waals surface area (Å²) in [7, 11) is 0. The zero-order valence-electron chi connectivity index (χ0n) is 20.9. The van der Waals surface area contributed by atoms with Gasteiger partial charge < -0.3 is 25.2 Å². The molecule has 0 spiro atoms. The summed E-state index contributed by atoms with van der Waals surface area (Å²) < 4.78 is 12.6. The van der Waals surface area contributed by atoms with Gasteiger partial charge in [-0.05, 0) is 32.1 Å². The number of rotatable bonds is 11. The summed E-state index contributed by atoms with van der Waals surface area (Å²) in [6.07, 6.45) is 9.14. The van der Waals surface area contributed by atoms with E-state index >= 15 is 0 Å². The van der Waals surface area contributed by atoms with Crippen LogP contribution in [0.1, 0.15) is 37.6 Å². The van der Waals surface area contributed by atoms with Crippen molar-refractivity contribution in [1.82, 2.24) is 29.6 Å². The van der Waals surface area contributed by atoms with E-state index in [1.807, 2.05) is 6.20 Å². The average molecular weight is 517 g/mol. The van der Waals surface area contributed by atoms with Crippen LogP contribution in [0.5, 0.6) is 0 Å². The van der Waals surface area contributed by atoms with Crippen molar-refractivity contribution in [3.05, 3.63) is 17.4 Å². The molecular weight excluding hydrogens is 480 g/mol. The Morgan fingerprint density at radius 3 is 2.75 bits per heavy atom. The van der Waals surface area contributed by atoms with Crippen LogP contribution in [-0.2, 0) is 22.4 Å². The van der Waals surface area contributed by atoms with Crippen molar-refractivity contribution in [3.8, 4) is 0 Å². The molecule has 1 saturated carbocycles. The first-order valence-corrected chi connectivity index (χ1v) is 13.8. The third-order valence-electron chi connectivity index (χ3n) is 6.79. The first-order valence-electron chi connectivity index (χ1n) is 13.0. The maximum absolute atomic E-state index is 8.83. The molecule has 36 heavy (non-hydrogen) atoms. The Hall–Kier alpha value is -2.38. The van der Waals surface area contributed by atoms with Gasteiger partial charge in [0, 0.05) is 31.4 Å². The van der Waals surface area contributed by atoms with Gasteiger partial charge in [0.1, 0.15) is 5.52 Å². The van der Waals surface area contributed by atoms with E-state index in [0.29, 0.717) is 37.8 Å². The number of aliphatic hydroxyl groups excluding tert-OH is 1. The predicted octanol–water partition coefficient (Wildman–Crippen LogP) is 2.65. The van der Waals surface area contributed by atoms with Gasteiger partial charge in [0.25, 0.3) is 0 Å². The summed E-state index contributed by atoms with van der Waals surface area (Å²) in [4.78, 5) is 17.9. The molecule has 0 unspecified atom stereocenters. The van der Waals surface area contributed by atoms with Gasteiger partial charge in [-0.2, -0.15) is 15.1 Å². The maximum atomic E-state index is 8.83. The van der Waals surface area contributed by atoms with Crippen molar-refractivity contribution in [1.29, 1.82) is 0 Å². The topological polar surface area (TPSA) is 122 Å². The Kier molecular flexibility index (Phi) is 8.59. The lowest BCUT2D eigenvalue weighted by molar-refractivity contribution is 0.00791. The van der Waals surface area contributed by atoms with Gasteiger partial charge in [-0.3, -0.25) is 9.58 Å². The number of aromatic nitrogens is 5. The molecular formula is C24H36N8O3S. The molecule has 3 aromatic heterocycles. The second kappa shape index (κ2) is 12.2. The fourth-order valence-corrected chi connectivity index (χ4v) is 5.77. The van der Waals surface area contributed by atoms with Gasteiger partial charge in [0.2, 0.25) is 5.95 Å². The molecule has 0 atom stereocenters. The summed E-state index contributed by atoms with van der Waals surface area (Å²) in [5.74, 6) is 1.34. The van der Waals surface area contributed by atoms with E-state index in [4.69, 9.17) is 29.5 Å². The summed E-state index contributed by atoms with van der Waals surface area (Å²) >= 11 is 1.62. The smallest absolute Gasteiger partial charge is 0.230 e. The van der Waals surface area contributed by atoms with Crippen LogP contribution in [0.3, 0.4) is 0 Å². The Morgan fingerprint density at radius 1 is 1.14 bits per heavy atom. The molecule has 1 aliphatic heterocycles. The molecule has 3 aromatic rings. The second-order valence-corrected chi connectivity index (χ2v) is 10.3. The lowest BCUT2D eigenvalue weighted by Gasteiger charge is -2.39. The summed E-state index contributed by atoms with van der Waals surface area (Å²) in [5, 5.41) is 21.3. The van der Waals surface area contributed by atoms with Crippen LogP contribution in [0.15, 0.2) is 12.4 Å². The van der Waals surface area contributed by atoms with Crippen molar-refractivity contribution in [2.45, 2.75) is 57.7 Å². The van der Waals surface area contributed by atoms with E-state index in [2.05, 4.69) is 27.6 Å². The lowest BCUT2D eigenvalue weighted by Crippen LogP contribution is -2.46. The molecule has 1 saturated heterocycles. The highest BCUT2D eigenvalue weighted by Gasteiger charge is 2.28. The molecule has 0 amide bonds. The Labute approximate surface area is 215 Å². The zero-order valence-corrected chi connectivity index (χ0v) is 21.7.